The summed E-state index contributed by atoms with van der Waals surface area (Å²) in [4.78, 5) is 14.9. The molecule has 16 heavy (non-hydrogen) atoms. The van der Waals surface area contributed by atoms with Gasteiger partial charge in [0.1, 0.15) is 23.7 Å². The molecule has 0 aliphatic carbocycles. The molecule has 7 nitrogen and oxygen atoms in total. The van der Waals surface area contributed by atoms with Gasteiger partial charge >= 0.3 is 5.97 Å². The number of hydrogen-bond donors (Lipinski definition) is 4. The highest BCUT2D eigenvalue weighted by molar-refractivity contribution is 8.14. The predicted octanol–water partition coefficient (Wildman–Crippen LogP) is -1.79. The summed E-state index contributed by atoms with van der Waals surface area (Å²) in [6, 6.07) is -0.627. The van der Waals surface area contributed by atoms with Crippen molar-refractivity contribution < 1.29 is 24.9 Å². The van der Waals surface area contributed by atoms with Gasteiger partial charge in [0.05, 0.1) is 0 Å². The highest BCUT2D eigenvalue weighted by atomic mass is 32.2. The van der Waals surface area contributed by atoms with Crippen molar-refractivity contribution in [2.75, 3.05) is 7.05 Å². The van der Waals surface area contributed by atoms with E-state index in [0.29, 0.717) is 5.17 Å². The number of rotatable bonds is 1. The second-order valence-corrected chi connectivity index (χ2v) is 4.62. The SMILES string of the molecule is CNC1=N[C@H]2[C@@H](O)[C@H](O)[C@@H](C(=O)O)O[C@H]2S1. The fourth-order valence-corrected chi connectivity index (χ4v) is 2.74. The summed E-state index contributed by atoms with van der Waals surface area (Å²) in [5.74, 6) is -1.29. The lowest BCUT2D eigenvalue weighted by Gasteiger charge is -2.36. The normalized spacial score (nSPS) is 42.4. The minimum Gasteiger partial charge on any atom is -0.479 e. The van der Waals surface area contributed by atoms with Crippen molar-refractivity contribution in [1.29, 1.82) is 0 Å². The molecule has 0 aromatic carbocycles. The zero-order valence-corrected chi connectivity index (χ0v) is 9.22. The molecule has 0 saturated carbocycles. The molecular weight excluding hydrogens is 236 g/mol. The van der Waals surface area contributed by atoms with Crippen molar-refractivity contribution in [2.24, 2.45) is 4.99 Å². The van der Waals surface area contributed by atoms with Gasteiger partial charge in [0.15, 0.2) is 11.3 Å². The highest BCUT2D eigenvalue weighted by Gasteiger charge is 2.50. The molecule has 0 spiro atoms. The van der Waals surface area contributed by atoms with Crippen molar-refractivity contribution in [3.05, 3.63) is 0 Å². The van der Waals surface area contributed by atoms with Crippen LogP contribution in [0.5, 0.6) is 0 Å². The number of nitrogens with one attached hydrogen (secondary N) is 1. The third-order valence-corrected chi connectivity index (χ3v) is 3.68. The largest absolute Gasteiger partial charge is 0.479 e. The number of aliphatic carboxylic acids is 1. The molecule has 2 heterocycles. The Balaban J connectivity index is 2.17. The van der Waals surface area contributed by atoms with Crippen molar-refractivity contribution in [3.63, 3.8) is 0 Å². The Morgan fingerprint density at radius 3 is 2.75 bits per heavy atom. The molecule has 2 aliphatic rings. The average Bonchev–Trinajstić information content (AvgIpc) is 2.66. The molecular formula is C8H12N2O5S. The van der Waals surface area contributed by atoms with E-state index in [0.717, 1.165) is 0 Å². The number of amidine groups is 1. The van der Waals surface area contributed by atoms with Crippen LogP contribution in [-0.4, -0.2) is 63.3 Å². The van der Waals surface area contributed by atoms with E-state index in [-0.39, 0.29) is 0 Å². The van der Waals surface area contributed by atoms with Crippen molar-refractivity contribution in [2.45, 2.75) is 29.8 Å². The van der Waals surface area contributed by atoms with Gasteiger partial charge in [-0.2, -0.15) is 0 Å². The second-order valence-electron chi connectivity index (χ2n) is 3.54. The summed E-state index contributed by atoms with van der Waals surface area (Å²) in [7, 11) is 1.67. The van der Waals surface area contributed by atoms with E-state index < -0.39 is 35.8 Å². The topological polar surface area (TPSA) is 111 Å². The number of aliphatic imine (C=N–C) groups is 1. The van der Waals surface area contributed by atoms with Crippen molar-refractivity contribution in [3.8, 4) is 0 Å². The lowest BCUT2D eigenvalue weighted by atomic mass is 9.98. The summed E-state index contributed by atoms with van der Waals surface area (Å²) < 4.78 is 5.19. The zero-order chi connectivity index (χ0) is 11.9. The number of carboxylic acid groups (broad SMARTS) is 1. The summed E-state index contributed by atoms with van der Waals surface area (Å²) in [6.45, 7) is 0. The lowest BCUT2D eigenvalue weighted by Crippen LogP contribution is -2.57. The number of ether oxygens (including phenoxy) is 1. The predicted molar refractivity (Wildman–Crippen MR) is 56.2 cm³/mol. The van der Waals surface area contributed by atoms with Crippen LogP contribution in [0.25, 0.3) is 0 Å². The summed E-state index contributed by atoms with van der Waals surface area (Å²) >= 11 is 1.20. The molecule has 0 unspecified atom stereocenters. The first-order valence-corrected chi connectivity index (χ1v) is 5.59. The maximum absolute atomic E-state index is 10.8. The van der Waals surface area contributed by atoms with Gasteiger partial charge in [-0.05, 0) is 0 Å². The number of thioether (sulfide) groups is 1. The molecule has 0 radical (unpaired) electrons. The Labute approximate surface area is 95.5 Å². The van der Waals surface area contributed by atoms with Gasteiger partial charge in [-0.3, -0.25) is 4.99 Å². The first-order chi connectivity index (χ1) is 7.54. The highest BCUT2D eigenvalue weighted by Crippen LogP contribution is 2.35. The molecule has 2 rings (SSSR count). The Morgan fingerprint density at radius 2 is 2.19 bits per heavy atom. The van der Waals surface area contributed by atoms with Gasteiger partial charge in [-0.1, -0.05) is 11.8 Å². The number of fused-ring (bicyclic) bond motifs is 1. The molecule has 0 aromatic rings. The lowest BCUT2D eigenvalue weighted by molar-refractivity contribution is -0.184. The molecule has 8 heteroatoms. The first-order valence-electron chi connectivity index (χ1n) is 4.71. The maximum Gasteiger partial charge on any atom is 0.335 e. The molecule has 0 bridgehead atoms. The quantitative estimate of drug-likeness (QED) is 0.433. The van der Waals surface area contributed by atoms with Crippen LogP contribution in [0.2, 0.25) is 0 Å². The van der Waals surface area contributed by atoms with Crippen LogP contribution in [0.1, 0.15) is 0 Å². The number of hydrogen-bond acceptors (Lipinski definition) is 7. The van der Waals surface area contributed by atoms with Crippen LogP contribution in [-0.2, 0) is 9.53 Å². The molecule has 0 aromatic heterocycles. The maximum atomic E-state index is 10.8. The van der Waals surface area contributed by atoms with E-state index in [1.807, 2.05) is 0 Å². The molecule has 2 aliphatic heterocycles. The molecule has 5 atom stereocenters. The Hall–Kier alpha value is -0.830. The Kier molecular flexibility index (Phi) is 3.06. The summed E-state index contributed by atoms with van der Waals surface area (Å²) in [5, 5.41) is 31.5. The Bertz CT molecular complexity index is 336. The average molecular weight is 248 g/mol. The standard InChI is InChI=1S/C8H12N2O5S/c1-9-8-10-2-3(11)4(12)5(6(13)14)15-7(2)16-8/h2-5,7,11-12H,1H3,(H,9,10)(H,13,14)/t2-,3+,4-,5-,7-/m0/s1. The van der Waals surface area contributed by atoms with Gasteiger partial charge in [0, 0.05) is 7.05 Å². The van der Waals surface area contributed by atoms with Gasteiger partial charge in [0.2, 0.25) is 0 Å². The zero-order valence-electron chi connectivity index (χ0n) is 8.40. The van der Waals surface area contributed by atoms with Gasteiger partial charge in [-0.25, -0.2) is 4.79 Å². The molecule has 1 saturated heterocycles. The van der Waals surface area contributed by atoms with Crippen molar-refractivity contribution >= 4 is 22.9 Å². The van der Waals surface area contributed by atoms with E-state index in [1.165, 1.54) is 11.8 Å². The summed E-state index contributed by atoms with van der Waals surface area (Å²) in [5.41, 5.74) is -0.568. The van der Waals surface area contributed by atoms with Crippen LogP contribution < -0.4 is 5.32 Å². The van der Waals surface area contributed by atoms with E-state index in [1.54, 1.807) is 7.05 Å². The first kappa shape index (κ1) is 11.6. The molecule has 90 valence electrons. The third kappa shape index (κ3) is 1.77. The monoisotopic (exact) mass is 248 g/mol. The minimum absolute atomic E-state index is 0.562. The van der Waals surface area contributed by atoms with Gasteiger partial charge in [0.25, 0.3) is 0 Å². The van der Waals surface area contributed by atoms with E-state index >= 15 is 0 Å². The van der Waals surface area contributed by atoms with Crippen LogP contribution in [0.15, 0.2) is 4.99 Å². The number of nitrogens with zero attached hydrogens (tertiary/aromatic N) is 1. The van der Waals surface area contributed by atoms with Crippen LogP contribution in [0.4, 0.5) is 0 Å². The smallest absolute Gasteiger partial charge is 0.335 e. The number of aliphatic hydroxyl groups excluding tert-OH is 2. The molecule has 1 fully saturated rings. The Morgan fingerprint density at radius 1 is 1.50 bits per heavy atom. The number of aliphatic hydroxyl groups is 2. The summed E-state index contributed by atoms with van der Waals surface area (Å²) in [6.07, 6.45) is -4.09. The van der Waals surface area contributed by atoms with E-state index in [9.17, 15) is 15.0 Å². The van der Waals surface area contributed by atoms with Crippen LogP contribution in [0, 0.1) is 0 Å². The number of carboxylic acids is 1. The fourth-order valence-electron chi connectivity index (χ4n) is 1.69. The van der Waals surface area contributed by atoms with E-state index in [2.05, 4.69) is 10.3 Å². The number of carbonyl (C=O) groups is 1. The van der Waals surface area contributed by atoms with Crippen LogP contribution >= 0.6 is 11.8 Å². The third-order valence-electron chi connectivity index (χ3n) is 2.52. The van der Waals surface area contributed by atoms with Crippen LogP contribution in [0.3, 0.4) is 0 Å². The van der Waals surface area contributed by atoms with Gasteiger partial charge in [-0.15, -0.1) is 0 Å². The van der Waals surface area contributed by atoms with Crippen molar-refractivity contribution in [1.82, 2.24) is 5.32 Å². The van der Waals surface area contributed by atoms with Gasteiger partial charge < -0.3 is 25.4 Å². The molecule has 4 N–H and O–H groups in total. The fraction of sp³-hybridized carbons (Fsp3) is 0.750. The molecule has 0 amide bonds. The van der Waals surface area contributed by atoms with E-state index in [4.69, 9.17) is 9.84 Å². The second kappa shape index (κ2) is 4.21. The minimum atomic E-state index is -1.46.